The molecule has 2 aromatic heterocycles. The second-order valence-electron chi connectivity index (χ2n) is 4.26. The highest BCUT2D eigenvalue weighted by Crippen LogP contribution is 2.10. The van der Waals surface area contributed by atoms with Crippen molar-refractivity contribution in [3.63, 3.8) is 0 Å². The number of hydrogen-bond acceptors (Lipinski definition) is 3. The summed E-state index contributed by atoms with van der Waals surface area (Å²) in [6, 6.07) is 5.80. The minimum atomic E-state index is -0.282. The lowest BCUT2D eigenvalue weighted by Gasteiger charge is -2.09. The van der Waals surface area contributed by atoms with E-state index in [1.807, 2.05) is 29.9 Å². The Kier molecular flexibility index (Phi) is 3.98. The summed E-state index contributed by atoms with van der Waals surface area (Å²) < 4.78 is 7.07. The molecule has 0 amide bonds. The number of nitrogens with zero attached hydrogens (tertiary/aromatic N) is 2. The van der Waals surface area contributed by atoms with Crippen LogP contribution in [0.5, 0.6) is 0 Å². The van der Waals surface area contributed by atoms with Crippen LogP contribution in [0.3, 0.4) is 0 Å². The van der Waals surface area contributed by atoms with Crippen LogP contribution in [0.2, 0.25) is 0 Å². The molecule has 0 fully saturated rings. The number of aliphatic hydroxyl groups is 1. The first-order chi connectivity index (χ1) is 8.25. The minimum Gasteiger partial charge on any atom is -0.469 e. The van der Waals surface area contributed by atoms with Gasteiger partial charge < -0.3 is 9.52 Å². The molecule has 1 N–H and O–H groups in total. The lowest BCUT2D eigenvalue weighted by Crippen LogP contribution is -2.10. The van der Waals surface area contributed by atoms with Crippen LogP contribution in [0.1, 0.15) is 24.3 Å². The molecule has 0 saturated carbocycles. The smallest absolute Gasteiger partial charge is 0.103 e. The van der Waals surface area contributed by atoms with Gasteiger partial charge in [0, 0.05) is 25.4 Å². The molecule has 1 unspecified atom stereocenters. The molecule has 2 aromatic rings. The number of furan rings is 1. The van der Waals surface area contributed by atoms with Gasteiger partial charge in [-0.25, -0.2) is 0 Å². The molecule has 0 aliphatic rings. The van der Waals surface area contributed by atoms with Gasteiger partial charge in [-0.05, 0) is 37.5 Å². The van der Waals surface area contributed by atoms with Crippen molar-refractivity contribution in [2.45, 2.75) is 31.8 Å². The average molecular weight is 234 g/mol. The number of aromatic nitrogens is 2. The molecule has 92 valence electrons. The third-order valence-electron chi connectivity index (χ3n) is 2.96. The highest BCUT2D eigenvalue weighted by Gasteiger charge is 2.07. The third kappa shape index (κ3) is 3.46. The lowest BCUT2D eigenvalue weighted by molar-refractivity contribution is 0.152. The molecule has 2 rings (SSSR count). The average Bonchev–Trinajstić information content (AvgIpc) is 2.95. The first-order valence-electron chi connectivity index (χ1n) is 5.93. The van der Waals surface area contributed by atoms with E-state index in [1.165, 1.54) is 0 Å². The van der Waals surface area contributed by atoms with Gasteiger partial charge in [0.1, 0.15) is 5.76 Å². The van der Waals surface area contributed by atoms with Gasteiger partial charge in [-0.3, -0.25) is 4.68 Å². The largest absolute Gasteiger partial charge is 0.469 e. The van der Waals surface area contributed by atoms with E-state index in [2.05, 4.69) is 5.10 Å². The van der Waals surface area contributed by atoms with Crippen LogP contribution >= 0.6 is 0 Å². The van der Waals surface area contributed by atoms with Crippen LogP contribution in [0.15, 0.2) is 35.1 Å². The molecule has 17 heavy (non-hydrogen) atoms. The van der Waals surface area contributed by atoms with Gasteiger partial charge in [0.15, 0.2) is 0 Å². The Morgan fingerprint density at radius 1 is 1.35 bits per heavy atom. The molecule has 0 radical (unpaired) electrons. The molecule has 0 saturated heterocycles. The van der Waals surface area contributed by atoms with E-state index in [-0.39, 0.29) is 6.10 Å². The molecule has 4 heteroatoms. The Hall–Kier alpha value is -1.55. The highest BCUT2D eigenvalue weighted by molar-refractivity contribution is 5.01. The van der Waals surface area contributed by atoms with Crippen molar-refractivity contribution in [1.82, 2.24) is 9.78 Å². The summed E-state index contributed by atoms with van der Waals surface area (Å²) in [5, 5.41) is 14.0. The monoisotopic (exact) mass is 234 g/mol. The summed E-state index contributed by atoms with van der Waals surface area (Å²) >= 11 is 0. The Bertz CT molecular complexity index is 434. The Balaban J connectivity index is 1.71. The molecule has 1 atom stereocenters. The fraction of sp³-hybridized carbons (Fsp3) is 0.462. The Labute approximate surface area is 101 Å². The van der Waals surface area contributed by atoms with E-state index in [9.17, 15) is 5.11 Å². The fourth-order valence-electron chi connectivity index (χ4n) is 1.87. The molecule has 0 bridgehead atoms. The third-order valence-corrected chi connectivity index (χ3v) is 2.96. The molecule has 2 heterocycles. The van der Waals surface area contributed by atoms with E-state index in [0.29, 0.717) is 0 Å². The normalized spacial score (nSPS) is 12.8. The lowest BCUT2D eigenvalue weighted by atomic mass is 10.1. The first kappa shape index (κ1) is 11.9. The summed E-state index contributed by atoms with van der Waals surface area (Å²) in [7, 11) is 1.92. The van der Waals surface area contributed by atoms with Crippen LogP contribution in [0, 0.1) is 0 Å². The van der Waals surface area contributed by atoms with Crippen molar-refractivity contribution in [2.75, 3.05) is 0 Å². The summed E-state index contributed by atoms with van der Waals surface area (Å²) in [6.45, 7) is 0. The summed E-state index contributed by atoms with van der Waals surface area (Å²) in [6.07, 6.45) is 6.32. The topological polar surface area (TPSA) is 51.2 Å². The number of aliphatic hydroxyl groups excluding tert-OH is 1. The summed E-state index contributed by atoms with van der Waals surface area (Å²) in [5.74, 6) is 0.935. The predicted molar refractivity (Wildman–Crippen MR) is 64.6 cm³/mol. The van der Waals surface area contributed by atoms with Crippen molar-refractivity contribution >= 4 is 0 Å². The highest BCUT2D eigenvalue weighted by atomic mass is 16.3. The second kappa shape index (κ2) is 5.68. The van der Waals surface area contributed by atoms with E-state index >= 15 is 0 Å². The minimum absolute atomic E-state index is 0.282. The summed E-state index contributed by atoms with van der Waals surface area (Å²) in [4.78, 5) is 0. The molecule has 4 nitrogen and oxygen atoms in total. The number of rotatable bonds is 6. The van der Waals surface area contributed by atoms with Crippen molar-refractivity contribution in [3.05, 3.63) is 42.1 Å². The van der Waals surface area contributed by atoms with Crippen LogP contribution in [-0.2, 0) is 19.9 Å². The van der Waals surface area contributed by atoms with Crippen molar-refractivity contribution in [1.29, 1.82) is 0 Å². The number of hydrogen-bond donors (Lipinski definition) is 1. The van der Waals surface area contributed by atoms with E-state index < -0.39 is 0 Å². The van der Waals surface area contributed by atoms with Gasteiger partial charge in [0.25, 0.3) is 0 Å². The fourth-order valence-corrected chi connectivity index (χ4v) is 1.87. The van der Waals surface area contributed by atoms with E-state index in [1.54, 1.807) is 12.5 Å². The van der Waals surface area contributed by atoms with Gasteiger partial charge in [-0.2, -0.15) is 5.10 Å². The second-order valence-corrected chi connectivity index (χ2v) is 4.26. The molecule has 0 aromatic carbocycles. The van der Waals surface area contributed by atoms with E-state index in [4.69, 9.17) is 4.42 Å². The predicted octanol–water partition coefficient (Wildman–Crippen LogP) is 1.94. The van der Waals surface area contributed by atoms with Crippen molar-refractivity contribution in [2.24, 2.45) is 7.05 Å². The molecular formula is C13H18N2O2. The zero-order valence-electron chi connectivity index (χ0n) is 10.0. The van der Waals surface area contributed by atoms with Crippen LogP contribution in [-0.4, -0.2) is 21.0 Å². The first-order valence-corrected chi connectivity index (χ1v) is 5.93. The SMILES string of the molecule is Cn1nccc1CCC(O)CCc1ccco1. The van der Waals surface area contributed by atoms with Gasteiger partial charge in [0.2, 0.25) is 0 Å². The van der Waals surface area contributed by atoms with E-state index in [0.717, 1.165) is 37.1 Å². The van der Waals surface area contributed by atoms with Crippen LogP contribution in [0.4, 0.5) is 0 Å². The number of aryl methyl sites for hydroxylation is 3. The van der Waals surface area contributed by atoms with Gasteiger partial charge in [0.05, 0.1) is 12.4 Å². The maximum Gasteiger partial charge on any atom is 0.103 e. The quantitative estimate of drug-likeness (QED) is 0.831. The Morgan fingerprint density at radius 3 is 2.82 bits per heavy atom. The zero-order chi connectivity index (χ0) is 12.1. The maximum absolute atomic E-state index is 9.87. The van der Waals surface area contributed by atoms with Gasteiger partial charge >= 0.3 is 0 Å². The molecule has 0 spiro atoms. The maximum atomic E-state index is 9.87. The standard InChI is InChI=1S/C13H18N2O2/c1-15-11(8-9-14-15)4-5-12(16)6-7-13-3-2-10-17-13/h2-3,8-10,12,16H,4-7H2,1H3. The molecular weight excluding hydrogens is 216 g/mol. The van der Waals surface area contributed by atoms with Gasteiger partial charge in [-0.15, -0.1) is 0 Å². The van der Waals surface area contributed by atoms with Crippen molar-refractivity contribution in [3.8, 4) is 0 Å². The summed E-state index contributed by atoms with van der Waals surface area (Å²) in [5.41, 5.74) is 1.15. The van der Waals surface area contributed by atoms with Crippen LogP contribution < -0.4 is 0 Å². The van der Waals surface area contributed by atoms with Gasteiger partial charge in [-0.1, -0.05) is 0 Å². The van der Waals surface area contributed by atoms with Crippen molar-refractivity contribution < 1.29 is 9.52 Å². The molecule has 0 aliphatic heterocycles. The molecule has 0 aliphatic carbocycles. The Morgan fingerprint density at radius 2 is 2.18 bits per heavy atom. The zero-order valence-corrected chi connectivity index (χ0v) is 10.0. The van der Waals surface area contributed by atoms with Crippen LogP contribution in [0.25, 0.3) is 0 Å².